The van der Waals surface area contributed by atoms with Crippen molar-refractivity contribution < 1.29 is 19.0 Å². The average molecular weight is 460 g/mol. The molecule has 0 bridgehead atoms. The minimum Gasteiger partial charge on any atom is -0.497 e. The van der Waals surface area contributed by atoms with Crippen molar-refractivity contribution in [3.05, 3.63) is 83.9 Å². The first kappa shape index (κ1) is 22.1. The maximum Gasteiger partial charge on any atom is 0.251 e. The van der Waals surface area contributed by atoms with Gasteiger partial charge in [0.05, 0.1) is 13.2 Å². The minimum atomic E-state index is -0.101. The Kier molecular flexibility index (Phi) is 6.53. The topological polar surface area (TPSA) is 63.3 Å². The number of carbonyl (C=O) groups is 1. The molecule has 0 aliphatic carbocycles. The molecule has 0 saturated carbocycles. The van der Waals surface area contributed by atoms with Gasteiger partial charge < -0.3 is 24.4 Å². The summed E-state index contributed by atoms with van der Waals surface area (Å²) in [5.41, 5.74) is 2.96. The number of amides is 1. The van der Waals surface area contributed by atoms with Crippen molar-refractivity contribution in [3.8, 4) is 17.2 Å². The molecule has 1 fully saturated rings. The molecule has 0 unspecified atom stereocenters. The third-order valence-corrected chi connectivity index (χ3v) is 6.47. The van der Waals surface area contributed by atoms with Crippen LogP contribution < -0.4 is 24.4 Å². The molecule has 34 heavy (non-hydrogen) atoms. The van der Waals surface area contributed by atoms with Gasteiger partial charge in [-0.2, -0.15) is 0 Å². The molecule has 0 radical (unpaired) electrons. The predicted molar refractivity (Wildman–Crippen MR) is 131 cm³/mol. The summed E-state index contributed by atoms with van der Waals surface area (Å²) in [6.45, 7) is 4.39. The van der Waals surface area contributed by atoms with Crippen LogP contribution in [0.4, 0.5) is 5.69 Å². The van der Waals surface area contributed by atoms with E-state index in [1.54, 1.807) is 31.4 Å². The average Bonchev–Trinajstić information content (AvgIpc) is 3.38. The second-order valence-electron chi connectivity index (χ2n) is 8.43. The number of nitrogens with one attached hydrogen (secondary N) is 1. The lowest BCUT2D eigenvalue weighted by atomic mass is 10.0. The van der Waals surface area contributed by atoms with E-state index in [2.05, 4.69) is 45.4 Å². The van der Waals surface area contributed by atoms with E-state index >= 15 is 0 Å². The molecule has 1 N–H and O–H groups in total. The van der Waals surface area contributed by atoms with Crippen LogP contribution in [-0.4, -0.2) is 57.4 Å². The van der Waals surface area contributed by atoms with E-state index in [0.29, 0.717) is 12.1 Å². The highest BCUT2D eigenvalue weighted by atomic mass is 16.7. The van der Waals surface area contributed by atoms with Crippen LogP contribution in [0.5, 0.6) is 17.2 Å². The van der Waals surface area contributed by atoms with Crippen molar-refractivity contribution in [2.75, 3.05) is 51.5 Å². The van der Waals surface area contributed by atoms with Crippen LogP contribution in [0, 0.1) is 0 Å². The van der Waals surface area contributed by atoms with Crippen LogP contribution in [-0.2, 0) is 0 Å². The van der Waals surface area contributed by atoms with Crippen LogP contribution in [0.1, 0.15) is 22.0 Å². The number of hydrogen-bond acceptors (Lipinski definition) is 6. The van der Waals surface area contributed by atoms with Crippen molar-refractivity contribution in [2.24, 2.45) is 0 Å². The molecule has 176 valence electrons. The fourth-order valence-electron chi connectivity index (χ4n) is 4.54. The summed E-state index contributed by atoms with van der Waals surface area (Å²) >= 11 is 0. The molecule has 3 aromatic carbocycles. The Morgan fingerprint density at radius 1 is 0.941 bits per heavy atom. The second kappa shape index (κ2) is 10.1. The fraction of sp³-hybridized carbons (Fsp3) is 0.296. The molecule has 7 heteroatoms. The summed E-state index contributed by atoms with van der Waals surface area (Å²) in [5.74, 6) is 2.15. The van der Waals surface area contributed by atoms with Gasteiger partial charge in [-0.1, -0.05) is 24.3 Å². The normalized spacial score (nSPS) is 16.2. The Bertz CT molecular complexity index is 1110. The maximum absolute atomic E-state index is 12.9. The summed E-state index contributed by atoms with van der Waals surface area (Å²) < 4.78 is 16.3. The molecule has 0 spiro atoms. The zero-order valence-electron chi connectivity index (χ0n) is 19.3. The van der Waals surface area contributed by atoms with Crippen LogP contribution in [0.2, 0.25) is 0 Å². The number of piperazine rings is 1. The van der Waals surface area contributed by atoms with E-state index in [1.165, 1.54) is 5.69 Å². The van der Waals surface area contributed by atoms with Crippen molar-refractivity contribution >= 4 is 11.6 Å². The number of para-hydroxylation sites is 1. The Labute approximate surface area is 199 Å². The van der Waals surface area contributed by atoms with Crippen molar-refractivity contribution in [1.29, 1.82) is 0 Å². The molecule has 1 amide bonds. The van der Waals surface area contributed by atoms with Crippen molar-refractivity contribution in [3.63, 3.8) is 0 Å². The van der Waals surface area contributed by atoms with Gasteiger partial charge in [-0.3, -0.25) is 9.69 Å². The first-order valence-electron chi connectivity index (χ1n) is 11.6. The molecular weight excluding hydrogens is 430 g/mol. The Morgan fingerprint density at radius 3 is 2.41 bits per heavy atom. The van der Waals surface area contributed by atoms with Gasteiger partial charge in [0.2, 0.25) is 6.79 Å². The van der Waals surface area contributed by atoms with Crippen LogP contribution in [0.15, 0.2) is 72.8 Å². The van der Waals surface area contributed by atoms with Crippen LogP contribution in [0.25, 0.3) is 0 Å². The summed E-state index contributed by atoms with van der Waals surface area (Å²) in [6, 6.07) is 23.7. The first-order chi connectivity index (χ1) is 16.7. The number of carbonyl (C=O) groups excluding carboxylic acids is 1. The molecular formula is C27H29N3O4. The van der Waals surface area contributed by atoms with Crippen LogP contribution >= 0.6 is 0 Å². The largest absolute Gasteiger partial charge is 0.497 e. The standard InChI is InChI=1S/C27H29N3O4/c1-32-23-10-7-20(8-11-23)27(31)28-18-24(21-9-12-25-26(17-21)34-19-33-25)30-15-13-29(14-16-30)22-5-3-2-4-6-22/h2-12,17,24H,13-16,18-19H2,1H3,(H,28,31)/t24-/m1/s1. The molecule has 3 aromatic rings. The van der Waals surface area contributed by atoms with Gasteiger partial charge in [-0.05, 0) is 54.1 Å². The van der Waals surface area contributed by atoms with Crippen LogP contribution in [0.3, 0.4) is 0 Å². The van der Waals surface area contributed by atoms with Gasteiger partial charge in [0.1, 0.15) is 5.75 Å². The molecule has 2 aliphatic rings. The predicted octanol–water partition coefficient (Wildman–Crippen LogP) is 3.72. The van der Waals surface area contributed by atoms with E-state index < -0.39 is 0 Å². The maximum atomic E-state index is 12.9. The highest BCUT2D eigenvalue weighted by Gasteiger charge is 2.27. The Hall–Kier alpha value is -3.71. The molecule has 2 aliphatic heterocycles. The number of hydrogen-bond donors (Lipinski definition) is 1. The second-order valence-corrected chi connectivity index (χ2v) is 8.43. The lowest BCUT2D eigenvalue weighted by molar-refractivity contribution is 0.0930. The van der Waals surface area contributed by atoms with Gasteiger partial charge in [0, 0.05) is 44.0 Å². The molecule has 0 aromatic heterocycles. The summed E-state index contributed by atoms with van der Waals surface area (Å²) in [6.07, 6.45) is 0. The number of benzene rings is 3. The van der Waals surface area contributed by atoms with Crippen molar-refractivity contribution in [1.82, 2.24) is 10.2 Å². The Morgan fingerprint density at radius 2 is 1.68 bits per heavy atom. The quantitative estimate of drug-likeness (QED) is 0.581. The smallest absolute Gasteiger partial charge is 0.251 e. The van der Waals surface area contributed by atoms with Gasteiger partial charge in [-0.15, -0.1) is 0 Å². The molecule has 1 saturated heterocycles. The number of nitrogens with zero attached hydrogens (tertiary/aromatic N) is 2. The highest BCUT2D eigenvalue weighted by molar-refractivity contribution is 5.94. The molecule has 1 atom stereocenters. The first-order valence-corrected chi connectivity index (χ1v) is 11.6. The van der Waals surface area contributed by atoms with Gasteiger partial charge in [0.15, 0.2) is 11.5 Å². The van der Waals surface area contributed by atoms with E-state index in [9.17, 15) is 4.79 Å². The Balaban J connectivity index is 1.31. The van der Waals surface area contributed by atoms with Crippen molar-refractivity contribution in [2.45, 2.75) is 6.04 Å². The molecule has 7 nitrogen and oxygen atoms in total. The van der Waals surface area contributed by atoms with Gasteiger partial charge in [-0.25, -0.2) is 0 Å². The van der Waals surface area contributed by atoms with E-state index in [1.807, 2.05) is 18.2 Å². The number of anilines is 1. The lowest BCUT2D eigenvalue weighted by Crippen LogP contribution is -2.50. The van der Waals surface area contributed by atoms with E-state index in [0.717, 1.165) is 49.0 Å². The number of rotatable bonds is 7. The third kappa shape index (κ3) is 4.79. The van der Waals surface area contributed by atoms with E-state index in [4.69, 9.17) is 14.2 Å². The SMILES string of the molecule is COc1ccc(C(=O)NC[C@H](c2ccc3c(c2)OCO3)N2CCN(c3ccccc3)CC2)cc1. The zero-order valence-corrected chi connectivity index (χ0v) is 19.3. The highest BCUT2D eigenvalue weighted by Crippen LogP contribution is 2.35. The summed E-state index contributed by atoms with van der Waals surface area (Å²) in [5, 5.41) is 3.14. The third-order valence-electron chi connectivity index (χ3n) is 6.47. The lowest BCUT2D eigenvalue weighted by Gasteiger charge is -2.40. The number of fused-ring (bicyclic) bond motifs is 1. The number of ether oxygens (including phenoxy) is 3. The monoisotopic (exact) mass is 459 g/mol. The molecule has 5 rings (SSSR count). The fourth-order valence-corrected chi connectivity index (χ4v) is 4.54. The van der Waals surface area contributed by atoms with E-state index in [-0.39, 0.29) is 18.7 Å². The van der Waals surface area contributed by atoms with Gasteiger partial charge >= 0.3 is 0 Å². The summed E-state index contributed by atoms with van der Waals surface area (Å²) in [4.78, 5) is 17.7. The zero-order chi connectivity index (χ0) is 23.3. The summed E-state index contributed by atoms with van der Waals surface area (Å²) in [7, 11) is 1.61. The number of methoxy groups -OCH3 is 1. The van der Waals surface area contributed by atoms with Gasteiger partial charge in [0.25, 0.3) is 5.91 Å². The molecule has 2 heterocycles. The minimum absolute atomic E-state index is 0.0228.